The summed E-state index contributed by atoms with van der Waals surface area (Å²) in [6, 6.07) is 3.62. The number of halogens is 2. The van der Waals surface area contributed by atoms with Gasteiger partial charge in [-0.3, -0.25) is 0 Å². The molecule has 1 saturated heterocycles. The van der Waals surface area contributed by atoms with Crippen LogP contribution in [0.4, 0.5) is 4.39 Å². The molecule has 104 valence electrons. The van der Waals surface area contributed by atoms with Gasteiger partial charge in [0, 0.05) is 5.46 Å². The van der Waals surface area contributed by atoms with E-state index in [-0.39, 0.29) is 5.82 Å². The predicted molar refractivity (Wildman–Crippen MR) is 79.2 cm³/mol. The summed E-state index contributed by atoms with van der Waals surface area (Å²) in [4.78, 5) is 0. The minimum Gasteiger partial charge on any atom is -0.399 e. The quantitative estimate of drug-likeness (QED) is 0.774. The van der Waals surface area contributed by atoms with E-state index >= 15 is 0 Å². The SMILES string of the molecule is CCc1cc(Br)c(F)c(B2OC(C)(C)C(C)(C)O2)c1. The maximum Gasteiger partial charge on any atom is 0.497 e. The molecule has 1 aliphatic rings. The zero-order chi connectivity index (χ0) is 14.4. The molecule has 0 saturated carbocycles. The van der Waals surface area contributed by atoms with Crippen molar-refractivity contribution in [1.29, 1.82) is 0 Å². The molecule has 1 fully saturated rings. The van der Waals surface area contributed by atoms with Gasteiger partial charge < -0.3 is 9.31 Å². The number of aryl methyl sites for hydroxylation is 1. The number of benzene rings is 1. The van der Waals surface area contributed by atoms with Crippen LogP contribution in [0.1, 0.15) is 40.2 Å². The summed E-state index contributed by atoms with van der Waals surface area (Å²) in [6.45, 7) is 9.88. The Hall–Kier alpha value is -0.385. The van der Waals surface area contributed by atoms with Gasteiger partial charge in [0.1, 0.15) is 5.82 Å². The van der Waals surface area contributed by atoms with Gasteiger partial charge in [-0.15, -0.1) is 0 Å². The third kappa shape index (κ3) is 2.60. The molecule has 1 aromatic carbocycles. The van der Waals surface area contributed by atoms with Crippen molar-refractivity contribution < 1.29 is 13.7 Å². The van der Waals surface area contributed by atoms with Crippen molar-refractivity contribution in [1.82, 2.24) is 0 Å². The van der Waals surface area contributed by atoms with E-state index in [9.17, 15) is 4.39 Å². The molecule has 0 radical (unpaired) electrons. The second-order valence-corrected chi connectivity index (χ2v) is 6.78. The molecule has 2 nitrogen and oxygen atoms in total. The van der Waals surface area contributed by atoms with Crippen LogP contribution in [0.2, 0.25) is 0 Å². The van der Waals surface area contributed by atoms with Gasteiger partial charge in [0.25, 0.3) is 0 Å². The lowest BCUT2D eigenvalue weighted by atomic mass is 9.77. The number of hydrogen-bond donors (Lipinski definition) is 0. The lowest BCUT2D eigenvalue weighted by Crippen LogP contribution is -2.41. The molecule has 0 amide bonds. The van der Waals surface area contributed by atoms with Gasteiger partial charge in [0.05, 0.1) is 15.7 Å². The van der Waals surface area contributed by atoms with Crippen LogP contribution in [0, 0.1) is 5.82 Å². The largest absolute Gasteiger partial charge is 0.497 e. The van der Waals surface area contributed by atoms with Crippen LogP contribution in [-0.2, 0) is 15.7 Å². The van der Waals surface area contributed by atoms with Gasteiger partial charge in [-0.05, 0) is 61.7 Å². The lowest BCUT2D eigenvalue weighted by Gasteiger charge is -2.32. The van der Waals surface area contributed by atoms with Crippen molar-refractivity contribution in [2.75, 3.05) is 0 Å². The van der Waals surface area contributed by atoms with Crippen LogP contribution in [-0.4, -0.2) is 18.3 Å². The molecule has 0 aromatic heterocycles. The van der Waals surface area contributed by atoms with E-state index in [1.807, 2.05) is 40.7 Å². The molecule has 1 aromatic rings. The van der Waals surface area contributed by atoms with Crippen molar-refractivity contribution in [2.45, 2.75) is 52.2 Å². The Kier molecular flexibility index (Phi) is 3.84. The standard InChI is InChI=1S/C14H19BBrFO2/c1-6-9-7-10(12(17)11(16)8-9)15-18-13(2,3)14(4,5)19-15/h7-8H,6H2,1-5H3. The van der Waals surface area contributed by atoms with Gasteiger partial charge in [-0.25, -0.2) is 4.39 Å². The highest BCUT2D eigenvalue weighted by molar-refractivity contribution is 9.10. The van der Waals surface area contributed by atoms with E-state index < -0.39 is 18.3 Å². The fraction of sp³-hybridized carbons (Fsp3) is 0.571. The maximum absolute atomic E-state index is 14.3. The first-order chi connectivity index (χ1) is 8.68. The monoisotopic (exact) mass is 328 g/mol. The highest BCUT2D eigenvalue weighted by Gasteiger charge is 2.52. The predicted octanol–water partition coefficient (Wildman–Crippen LogP) is 3.45. The molecular weight excluding hydrogens is 310 g/mol. The average Bonchev–Trinajstić information content (AvgIpc) is 2.51. The van der Waals surface area contributed by atoms with Gasteiger partial charge in [-0.1, -0.05) is 13.0 Å². The summed E-state index contributed by atoms with van der Waals surface area (Å²) < 4.78 is 26.5. The van der Waals surface area contributed by atoms with Crippen LogP contribution in [0.25, 0.3) is 0 Å². The van der Waals surface area contributed by atoms with E-state index in [4.69, 9.17) is 9.31 Å². The number of hydrogen-bond acceptors (Lipinski definition) is 2. The van der Waals surface area contributed by atoms with E-state index in [1.165, 1.54) is 0 Å². The zero-order valence-corrected chi connectivity index (χ0v) is 13.6. The highest BCUT2D eigenvalue weighted by Crippen LogP contribution is 2.37. The molecule has 0 atom stereocenters. The van der Waals surface area contributed by atoms with Crippen molar-refractivity contribution in [3.63, 3.8) is 0 Å². The molecule has 0 aliphatic carbocycles. The maximum atomic E-state index is 14.3. The second kappa shape index (κ2) is 4.87. The van der Waals surface area contributed by atoms with Crippen LogP contribution < -0.4 is 5.46 Å². The average molecular weight is 329 g/mol. The molecule has 0 N–H and O–H groups in total. The third-order valence-corrected chi connectivity index (χ3v) is 4.61. The van der Waals surface area contributed by atoms with Gasteiger partial charge in [0.15, 0.2) is 0 Å². The number of rotatable bonds is 2. The van der Waals surface area contributed by atoms with E-state index in [0.717, 1.165) is 12.0 Å². The molecule has 0 unspecified atom stereocenters. The fourth-order valence-corrected chi connectivity index (χ4v) is 2.54. The summed E-state index contributed by atoms with van der Waals surface area (Å²) in [6.07, 6.45) is 0.839. The first kappa shape index (κ1) is 15.0. The molecule has 19 heavy (non-hydrogen) atoms. The molecule has 5 heteroatoms. The van der Waals surface area contributed by atoms with Gasteiger partial charge in [-0.2, -0.15) is 0 Å². The van der Waals surface area contributed by atoms with E-state index in [2.05, 4.69) is 15.9 Å². The highest BCUT2D eigenvalue weighted by atomic mass is 79.9. The Morgan fingerprint density at radius 1 is 1.16 bits per heavy atom. The Labute approximate surface area is 122 Å². The smallest absolute Gasteiger partial charge is 0.399 e. The Morgan fingerprint density at radius 2 is 1.68 bits per heavy atom. The summed E-state index contributed by atoms with van der Waals surface area (Å²) >= 11 is 3.26. The Morgan fingerprint density at radius 3 is 2.16 bits per heavy atom. The van der Waals surface area contributed by atoms with Crippen LogP contribution >= 0.6 is 15.9 Å². The molecular formula is C14H19BBrFO2. The van der Waals surface area contributed by atoms with Gasteiger partial charge in [0.2, 0.25) is 0 Å². The normalized spacial score (nSPS) is 20.9. The van der Waals surface area contributed by atoms with Crippen LogP contribution in [0.15, 0.2) is 16.6 Å². The van der Waals surface area contributed by atoms with Crippen LogP contribution in [0.3, 0.4) is 0 Å². The molecule has 1 aliphatic heterocycles. The van der Waals surface area contributed by atoms with Gasteiger partial charge >= 0.3 is 7.12 Å². The van der Waals surface area contributed by atoms with Crippen molar-refractivity contribution in [3.8, 4) is 0 Å². The molecule has 2 rings (SSSR count). The van der Waals surface area contributed by atoms with Crippen LogP contribution in [0.5, 0.6) is 0 Å². The van der Waals surface area contributed by atoms with E-state index in [0.29, 0.717) is 9.94 Å². The minimum atomic E-state index is -0.659. The first-order valence-electron chi connectivity index (χ1n) is 6.51. The summed E-state index contributed by atoms with van der Waals surface area (Å²) in [5.74, 6) is -0.310. The summed E-state index contributed by atoms with van der Waals surface area (Å²) in [5.41, 5.74) is 0.597. The van der Waals surface area contributed by atoms with Crippen molar-refractivity contribution in [2.24, 2.45) is 0 Å². The zero-order valence-electron chi connectivity index (χ0n) is 12.0. The molecule has 0 bridgehead atoms. The summed E-state index contributed by atoms with van der Waals surface area (Å²) in [7, 11) is -0.659. The first-order valence-corrected chi connectivity index (χ1v) is 7.30. The lowest BCUT2D eigenvalue weighted by molar-refractivity contribution is 0.00578. The fourth-order valence-electron chi connectivity index (χ4n) is 2.01. The molecule has 1 heterocycles. The van der Waals surface area contributed by atoms with E-state index in [1.54, 1.807) is 6.07 Å². The minimum absolute atomic E-state index is 0.310. The Bertz CT molecular complexity index is 486. The molecule has 0 spiro atoms. The van der Waals surface area contributed by atoms with Crippen molar-refractivity contribution in [3.05, 3.63) is 28.0 Å². The third-order valence-electron chi connectivity index (χ3n) is 4.03. The topological polar surface area (TPSA) is 18.5 Å². The summed E-state index contributed by atoms with van der Waals surface area (Å²) in [5, 5.41) is 0. The second-order valence-electron chi connectivity index (χ2n) is 5.92. The Balaban J connectivity index is 2.42. The van der Waals surface area contributed by atoms with Crippen molar-refractivity contribution >= 4 is 28.5 Å².